The van der Waals surface area contributed by atoms with Crippen molar-refractivity contribution in [3.05, 3.63) is 24.3 Å². The molecule has 0 unspecified atom stereocenters. The summed E-state index contributed by atoms with van der Waals surface area (Å²) in [5.74, 6) is -0.529. The Labute approximate surface area is 75.0 Å². The lowest BCUT2D eigenvalue weighted by molar-refractivity contribution is 0.212. The van der Waals surface area contributed by atoms with Crippen LogP contribution in [0.25, 0.3) is 0 Å². The van der Waals surface area contributed by atoms with Gasteiger partial charge in [-0.25, -0.2) is 4.98 Å². The SMILES string of the molecule is CON=CCOc1cccnc1F. The molecule has 0 atom stereocenters. The van der Waals surface area contributed by atoms with E-state index in [-0.39, 0.29) is 12.4 Å². The van der Waals surface area contributed by atoms with Crippen LogP contribution in [-0.4, -0.2) is 24.9 Å². The van der Waals surface area contributed by atoms with Gasteiger partial charge in [-0.3, -0.25) is 0 Å². The number of aromatic nitrogens is 1. The number of nitrogens with zero attached hydrogens (tertiary/aromatic N) is 2. The second-order valence-corrected chi connectivity index (χ2v) is 2.07. The molecule has 0 saturated carbocycles. The fourth-order valence-electron chi connectivity index (χ4n) is 0.711. The van der Waals surface area contributed by atoms with Crippen molar-refractivity contribution in [2.24, 2.45) is 5.16 Å². The Morgan fingerprint density at radius 3 is 3.23 bits per heavy atom. The topological polar surface area (TPSA) is 43.7 Å². The first kappa shape index (κ1) is 9.44. The molecule has 1 aromatic rings. The first-order valence-electron chi connectivity index (χ1n) is 3.63. The van der Waals surface area contributed by atoms with Gasteiger partial charge < -0.3 is 9.57 Å². The van der Waals surface area contributed by atoms with Crippen LogP contribution in [0.4, 0.5) is 4.39 Å². The number of ether oxygens (including phenoxy) is 1. The molecule has 4 nitrogen and oxygen atoms in total. The minimum Gasteiger partial charge on any atom is -0.483 e. The van der Waals surface area contributed by atoms with Crippen LogP contribution in [0.3, 0.4) is 0 Å². The molecular weight excluding hydrogens is 175 g/mol. The van der Waals surface area contributed by atoms with Crippen LogP contribution in [-0.2, 0) is 4.84 Å². The molecule has 70 valence electrons. The third kappa shape index (κ3) is 3.06. The van der Waals surface area contributed by atoms with E-state index in [1.54, 1.807) is 6.07 Å². The molecule has 0 radical (unpaired) electrons. The van der Waals surface area contributed by atoms with Gasteiger partial charge in [-0.2, -0.15) is 4.39 Å². The van der Waals surface area contributed by atoms with Gasteiger partial charge in [0.1, 0.15) is 13.7 Å². The van der Waals surface area contributed by atoms with E-state index in [0.717, 1.165) is 0 Å². The Kier molecular flexibility index (Phi) is 3.69. The van der Waals surface area contributed by atoms with E-state index in [1.165, 1.54) is 25.6 Å². The summed E-state index contributed by atoms with van der Waals surface area (Å²) in [5.41, 5.74) is 0. The molecule has 0 aliphatic heterocycles. The second kappa shape index (κ2) is 5.08. The maximum Gasteiger partial charge on any atom is 0.255 e. The number of rotatable bonds is 4. The zero-order valence-corrected chi connectivity index (χ0v) is 7.11. The highest BCUT2D eigenvalue weighted by atomic mass is 19.1. The second-order valence-electron chi connectivity index (χ2n) is 2.07. The molecular formula is C8H9FN2O2. The highest BCUT2D eigenvalue weighted by molar-refractivity contribution is 5.58. The Balaban J connectivity index is 2.45. The number of oxime groups is 1. The van der Waals surface area contributed by atoms with Crippen LogP contribution in [0, 0.1) is 5.95 Å². The van der Waals surface area contributed by atoms with E-state index in [1.807, 2.05) is 0 Å². The third-order valence-corrected chi connectivity index (χ3v) is 1.22. The smallest absolute Gasteiger partial charge is 0.255 e. The number of halogens is 1. The lowest BCUT2D eigenvalue weighted by Crippen LogP contribution is -2.01. The largest absolute Gasteiger partial charge is 0.483 e. The molecule has 1 aromatic heterocycles. The van der Waals surface area contributed by atoms with Crippen molar-refractivity contribution in [2.75, 3.05) is 13.7 Å². The Hall–Kier alpha value is -1.65. The molecule has 0 aliphatic carbocycles. The van der Waals surface area contributed by atoms with Crippen LogP contribution in [0.5, 0.6) is 5.75 Å². The maximum absolute atomic E-state index is 12.8. The van der Waals surface area contributed by atoms with Crippen molar-refractivity contribution in [1.29, 1.82) is 0 Å². The standard InChI is InChI=1S/C8H9FN2O2/c1-12-11-5-6-13-7-3-2-4-10-8(7)9/h2-5H,6H2,1H3. The monoisotopic (exact) mass is 184 g/mol. The van der Waals surface area contributed by atoms with Gasteiger partial charge in [0.05, 0.1) is 6.21 Å². The zero-order chi connectivity index (χ0) is 9.52. The Bertz CT molecular complexity index is 291. The average Bonchev–Trinajstić information content (AvgIpc) is 2.15. The molecule has 0 bridgehead atoms. The van der Waals surface area contributed by atoms with Crippen LogP contribution < -0.4 is 4.74 Å². The molecule has 5 heteroatoms. The molecule has 0 saturated heterocycles. The van der Waals surface area contributed by atoms with Gasteiger partial charge in [0.2, 0.25) is 0 Å². The van der Waals surface area contributed by atoms with Crippen molar-refractivity contribution >= 4 is 6.21 Å². The maximum atomic E-state index is 12.8. The average molecular weight is 184 g/mol. The lowest BCUT2D eigenvalue weighted by Gasteiger charge is -2.01. The van der Waals surface area contributed by atoms with Gasteiger partial charge in [-0.1, -0.05) is 5.16 Å². The summed E-state index contributed by atoms with van der Waals surface area (Å²) in [6.07, 6.45) is 2.73. The van der Waals surface area contributed by atoms with Crippen molar-refractivity contribution in [2.45, 2.75) is 0 Å². The fourth-order valence-corrected chi connectivity index (χ4v) is 0.711. The van der Waals surface area contributed by atoms with Gasteiger partial charge in [0, 0.05) is 6.20 Å². The van der Waals surface area contributed by atoms with E-state index in [0.29, 0.717) is 0 Å². The van der Waals surface area contributed by atoms with Gasteiger partial charge in [-0.05, 0) is 12.1 Å². The number of hydrogen-bond donors (Lipinski definition) is 0. The van der Waals surface area contributed by atoms with Crippen molar-refractivity contribution < 1.29 is 14.0 Å². The molecule has 0 fully saturated rings. The predicted molar refractivity (Wildman–Crippen MR) is 45.2 cm³/mol. The van der Waals surface area contributed by atoms with E-state index >= 15 is 0 Å². The van der Waals surface area contributed by atoms with E-state index in [2.05, 4.69) is 15.0 Å². The summed E-state index contributed by atoms with van der Waals surface area (Å²) in [6, 6.07) is 3.08. The zero-order valence-electron chi connectivity index (χ0n) is 7.11. The quantitative estimate of drug-likeness (QED) is 0.401. The van der Waals surface area contributed by atoms with Gasteiger partial charge in [0.25, 0.3) is 5.95 Å². The lowest BCUT2D eigenvalue weighted by atomic mass is 10.4. The summed E-state index contributed by atoms with van der Waals surface area (Å²) in [5, 5.41) is 3.42. The van der Waals surface area contributed by atoms with E-state index in [9.17, 15) is 4.39 Å². The highest BCUT2D eigenvalue weighted by Gasteiger charge is 2.00. The number of pyridine rings is 1. The van der Waals surface area contributed by atoms with Gasteiger partial charge >= 0.3 is 0 Å². The minimum absolute atomic E-state index is 0.102. The molecule has 0 aliphatic rings. The van der Waals surface area contributed by atoms with Crippen molar-refractivity contribution in [3.8, 4) is 5.75 Å². The molecule has 0 N–H and O–H groups in total. The van der Waals surface area contributed by atoms with Crippen LogP contribution in [0.15, 0.2) is 23.5 Å². The van der Waals surface area contributed by atoms with Crippen LogP contribution in [0.1, 0.15) is 0 Å². The molecule has 13 heavy (non-hydrogen) atoms. The molecule has 0 spiro atoms. The predicted octanol–water partition coefficient (Wildman–Crippen LogP) is 1.23. The van der Waals surface area contributed by atoms with Crippen LogP contribution >= 0.6 is 0 Å². The molecule has 1 rings (SSSR count). The molecule has 1 heterocycles. The first-order valence-corrected chi connectivity index (χ1v) is 3.63. The fraction of sp³-hybridized carbons (Fsp3) is 0.250. The Morgan fingerprint density at radius 2 is 2.54 bits per heavy atom. The summed E-state index contributed by atoms with van der Waals surface area (Å²) in [4.78, 5) is 7.80. The minimum atomic E-state index is -0.631. The van der Waals surface area contributed by atoms with Gasteiger partial charge in [0.15, 0.2) is 5.75 Å². The molecule has 0 amide bonds. The summed E-state index contributed by atoms with van der Waals surface area (Å²) >= 11 is 0. The Morgan fingerprint density at radius 1 is 1.69 bits per heavy atom. The van der Waals surface area contributed by atoms with E-state index in [4.69, 9.17) is 4.74 Å². The summed E-state index contributed by atoms with van der Waals surface area (Å²) in [7, 11) is 1.42. The van der Waals surface area contributed by atoms with Gasteiger partial charge in [-0.15, -0.1) is 0 Å². The summed E-state index contributed by atoms with van der Waals surface area (Å²) < 4.78 is 17.8. The highest BCUT2D eigenvalue weighted by Crippen LogP contribution is 2.11. The normalized spacial score (nSPS) is 10.3. The first-order chi connectivity index (χ1) is 6.34. The molecule has 0 aromatic carbocycles. The number of hydrogen-bond acceptors (Lipinski definition) is 4. The van der Waals surface area contributed by atoms with E-state index < -0.39 is 5.95 Å². The van der Waals surface area contributed by atoms with Crippen molar-refractivity contribution in [3.63, 3.8) is 0 Å². The third-order valence-electron chi connectivity index (χ3n) is 1.22. The van der Waals surface area contributed by atoms with Crippen molar-refractivity contribution in [1.82, 2.24) is 4.98 Å². The summed E-state index contributed by atoms with van der Waals surface area (Å²) in [6.45, 7) is 0.149. The van der Waals surface area contributed by atoms with Crippen LogP contribution in [0.2, 0.25) is 0 Å².